The van der Waals surface area contributed by atoms with Gasteiger partial charge in [0.05, 0.1) is 11.4 Å². The van der Waals surface area contributed by atoms with Crippen molar-refractivity contribution in [2.24, 2.45) is 11.3 Å². The molecule has 4 rings (SSSR count). The van der Waals surface area contributed by atoms with E-state index in [1.54, 1.807) is 12.1 Å². The van der Waals surface area contributed by atoms with E-state index in [2.05, 4.69) is 18.9 Å². The maximum atomic E-state index is 13.3. The average molecular weight is 284 g/mol. The highest BCUT2D eigenvalue weighted by Gasteiger charge is 2.64. The summed E-state index contributed by atoms with van der Waals surface area (Å²) in [6.45, 7) is 6.51. The number of carbonyl (C=O) groups is 1. The van der Waals surface area contributed by atoms with Crippen LogP contribution in [0.15, 0.2) is 24.3 Å². The van der Waals surface area contributed by atoms with Crippen LogP contribution in [-0.2, 0) is 6.42 Å². The van der Waals surface area contributed by atoms with Crippen LogP contribution >= 0.6 is 0 Å². The molecule has 21 heavy (non-hydrogen) atoms. The number of carbonyl (C=O) groups excluding carboxylic acids is 1. The second-order valence-corrected chi connectivity index (χ2v) is 6.78. The van der Waals surface area contributed by atoms with Crippen molar-refractivity contribution in [1.29, 1.82) is 0 Å². The van der Waals surface area contributed by atoms with E-state index in [0.717, 1.165) is 17.8 Å². The molecule has 1 aromatic carbocycles. The Kier molecular flexibility index (Phi) is 2.31. The van der Waals surface area contributed by atoms with Crippen LogP contribution in [0.5, 0.6) is 0 Å². The quantitative estimate of drug-likeness (QED) is 0.805. The molecule has 2 aromatic rings. The van der Waals surface area contributed by atoms with Crippen LogP contribution in [0.3, 0.4) is 0 Å². The molecule has 1 aromatic heterocycles. The molecule has 0 amide bonds. The number of halogens is 1. The molecule has 4 heteroatoms. The van der Waals surface area contributed by atoms with Crippen molar-refractivity contribution in [3.05, 3.63) is 52.6 Å². The first-order valence-corrected chi connectivity index (χ1v) is 7.30. The zero-order valence-electron chi connectivity index (χ0n) is 12.4. The smallest absolute Gasteiger partial charge is 0.267 e. The van der Waals surface area contributed by atoms with Crippen LogP contribution in [0.25, 0.3) is 0 Å². The molecule has 0 spiro atoms. The number of hydrogen-bond donors (Lipinski definition) is 0. The third-order valence-electron chi connectivity index (χ3n) is 5.25. The topological polar surface area (TPSA) is 34.9 Å². The Morgan fingerprint density at radius 1 is 1.43 bits per heavy atom. The number of aromatic nitrogens is 2. The van der Waals surface area contributed by atoms with Gasteiger partial charge in [0.25, 0.3) is 5.91 Å². The average Bonchev–Trinajstić information content (AvgIpc) is 2.81. The molecule has 3 nitrogen and oxygen atoms in total. The first-order chi connectivity index (χ1) is 9.91. The standard InChI is InChI=1S/C17H17FN2O/c1-9-14-13(8-12-15(14)17(12,2)3)20(19-9)16(21)10-5-4-6-11(18)7-10/h4-7,12,15H,8H2,1-3H3/t12-,15-/m1/s1. The number of aryl methyl sites for hydroxylation is 1. The van der Waals surface area contributed by atoms with Gasteiger partial charge in [-0.2, -0.15) is 5.10 Å². The minimum absolute atomic E-state index is 0.238. The van der Waals surface area contributed by atoms with Gasteiger partial charge in [-0.05, 0) is 48.8 Å². The SMILES string of the molecule is Cc1nn(C(=O)c2cccc(F)c2)c2c1[C@H]1[C@@H](C2)C1(C)C. The maximum absolute atomic E-state index is 13.3. The first kappa shape index (κ1) is 12.7. The highest BCUT2D eigenvalue weighted by Crippen LogP contribution is 2.70. The van der Waals surface area contributed by atoms with E-state index in [1.165, 1.54) is 22.4 Å². The molecule has 2 aliphatic rings. The minimum atomic E-state index is -0.398. The highest BCUT2D eigenvalue weighted by molar-refractivity contribution is 5.96. The Hall–Kier alpha value is -1.97. The zero-order chi connectivity index (χ0) is 14.9. The summed E-state index contributed by atoms with van der Waals surface area (Å²) >= 11 is 0. The van der Waals surface area contributed by atoms with Gasteiger partial charge < -0.3 is 0 Å². The number of nitrogens with zero attached hydrogens (tertiary/aromatic N) is 2. The normalized spacial score (nSPS) is 24.6. The lowest BCUT2D eigenvalue weighted by Gasteiger charge is -2.10. The third kappa shape index (κ3) is 1.59. The number of rotatable bonds is 1. The van der Waals surface area contributed by atoms with E-state index >= 15 is 0 Å². The van der Waals surface area contributed by atoms with Crippen LogP contribution < -0.4 is 0 Å². The summed E-state index contributed by atoms with van der Waals surface area (Å²) in [5.41, 5.74) is 3.88. The molecule has 1 heterocycles. The second kappa shape index (κ2) is 3.81. The lowest BCUT2D eigenvalue weighted by Crippen LogP contribution is -2.17. The fraction of sp³-hybridized carbons (Fsp3) is 0.412. The second-order valence-electron chi connectivity index (χ2n) is 6.78. The van der Waals surface area contributed by atoms with Gasteiger partial charge >= 0.3 is 0 Å². The summed E-state index contributed by atoms with van der Waals surface area (Å²) in [4.78, 5) is 12.6. The summed E-state index contributed by atoms with van der Waals surface area (Å²) in [6, 6.07) is 5.80. The fourth-order valence-corrected chi connectivity index (χ4v) is 4.01. The molecule has 2 atom stereocenters. The van der Waals surface area contributed by atoms with Crippen molar-refractivity contribution in [3.8, 4) is 0 Å². The van der Waals surface area contributed by atoms with Crippen molar-refractivity contribution in [3.63, 3.8) is 0 Å². The molecule has 2 aliphatic carbocycles. The van der Waals surface area contributed by atoms with Crippen molar-refractivity contribution in [2.45, 2.75) is 33.1 Å². The number of fused-ring (bicyclic) bond motifs is 3. The number of hydrogen-bond acceptors (Lipinski definition) is 2. The van der Waals surface area contributed by atoms with E-state index < -0.39 is 5.82 Å². The van der Waals surface area contributed by atoms with E-state index in [0.29, 0.717) is 22.8 Å². The van der Waals surface area contributed by atoms with Gasteiger partial charge in [0.1, 0.15) is 5.82 Å². The largest absolute Gasteiger partial charge is 0.278 e. The van der Waals surface area contributed by atoms with Crippen LogP contribution in [-0.4, -0.2) is 15.7 Å². The molecule has 1 saturated carbocycles. The Bertz CT molecular complexity index is 775. The monoisotopic (exact) mass is 284 g/mol. The predicted molar refractivity (Wildman–Crippen MR) is 76.8 cm³/mol. The maximum Gasteiger partial charge on any atom is 0.278 e. The Morgan fingerprint density at radius 3 is 2.90 bits per heavy atom. The molecular formula is C17H17FN2O. The summed E-state index contributed by atoms with van der Waals surface area (Å²) in [7, 11) is 0. The molecule has 0 radical (unpaired) electrons. The minimum Gasteiger partial charge on any atom is -0.267 e. The van der Waals surface area contributed by atoms with Crippen LogP contribution in [0.2, 0.25) is 0 Å². The van der Waals surface area contributed by atoms with Gasteiger partial charge in [0, 0.05) is 11.1 Å². The molecule has 0 bridgehead atoms. The van der Waals surface area contributed by atoms with Crippen LogP contribution in [0.1, 0.15) is 47.1 Å². The van der Waals surface area contributed by atoms with Crippen LogP contribution in [0.4, 0.5) is 4.39 Å². The lowest BCUT2D eigenvalue weighted by molar-refractivity contribution is 0.0940. The highest BCUT2D eigenvalue weighted by atomic mass is 19.1. The third-order valence-corrected chi connectivity index (χ3v) is 5.25. The van der Waals surface area contributed by atoms with Gasteiger partial charge in [-0.15, -0.1) is 0 Å². The first-order valence-electron chi connectivity index (χ1n) is 7.30. The van der Waals surface area contributed by atoms with E-state index in [9.17, 15) is 9.18 Å². The summed E-state index contributed by atoms with van der Waals surface area (Å²) in [5.74, 6) is 0.514. The molecule has 108 valence electrons. The molecule has 0 saturated heterocycles. The summed E-state index contributed by atoms with van der Waals surface area (Å²) in [6.07, 6.45) is 0.898. The van der Waals surface area contributed by atoms with Gasteiger partial charge in [-0.25, -0.2) is 9.07 Å². The van der Waals surface area contributed by atoms with Gasteiger partial charge in [-0.1, -0.05) is 19.9 Å². The van der Waals surface area contributed by atoms with Crippen LogP contribution in [0, 0.1) is 24.1 Å². The molecule has 0 aliphatic heterocycles. The predicted octanol–water partition coefficient (Wildman–Crippen LogP) is 3.31. The number of benzene rings is 1. The Morgan fingerprint density at radius 2 is 2.19 bits per heavy atom. The van der Waals surface area contributed by atoms with Gasteiger partial charge in [0.2, 0.25) is 0 Å². The van der Waals surface area contributed by atoms with Gasteiger partial charge in [-0.3, -0.25) is 4.79 Å². The Labute approximate surface area is 122 Å². The Balaban J connectivity index is 1.77. The fourth-order valence-electron chi connectivity index (χ4n) is 4.01. The van der Waals surface area contributed by atoms with Gasteiger partial charge in [0.15, 0.2) is 0 Å². The molecule has 1 fully saturated rings. The lowest BCUT2D eigenvalue weighted by atomic mass is 9.98. The molecule has 0 N–H and O–H groups in total. The molecular weight excluding hydrogens is 267 g/mol. The summed E-state index contributed by atoms with van der Waals surface area (Å²) < 4.78 is 14.8. The van der Waals surface area contributed by atoms with E-state index in [1.807, 2.05) is 6.92 Å². The van der Waals surface area contributed by atoms with Crippen molar-refractivity contribution >= 4 is 5.91 Å². The van der Waals surface area contributed by atoms with E-state index in [4.69, 9.17) is 0 Å². The van der Waals surface area contributed by atoms with Crippen molar-refractivity contribution < 1.29 is 9.18 Å². The zero-order valence-corrected chi connectivity index (χ0v) is 12.4. The molecule has 0 unspecified atom stereocenters. The van der Waals surface area contributed by atoms with Crippen molar-refractivity contribution in [2.75, 3.05) is 0 Å². The summed E-state index contributed by atoms with van der Waals surface area (Å²) in [5, 5.41) is 4.43. The van der Waals surface area contributed by atoms with Crippen molar-refractivity contribution in [1.82, 2.24) is 9.78 Å². The van der Waals surface area contributed by atoms with E-state index in [-0.39, 0.29) is 5.91 Å².